The number of carbonyl (C=O) groups excluding carboxylic acids is 2. The Bertz CT molecular complexity index is 768. The highest BCUT2D eigenvalue weighted by molar-refractivity contribution is 5.99. The Balaban J connectivity index is 3.37. The quantitative estimate of drug-likeness (QED) is 0.275. The molecule has 0 aliphatic rings. The molecular formula is C17H18N2O6. The summed E-state index contributed by atoms with van der Waals surface area (Å²) in [4.78, 5) is 34.2. The van der Waals surface area contributed by atoms with Gasteiger partial charge in [0.15, 0.2) is 5.78 Å². The number of carbonyl (C=O) groups is 2. The van der Waals surface area contributed by atoms with Crippen LogP contribution in [0.4, 0.5) is 5.69 Å². The number of Topliss-reactive ketones (excluding diaryl/α,β-unsaturated/α-hetero) is 1. The molecule has 25 heavy (non-hydrogen) atoms. The molecule has 0 aliphatic heterocycles. The lowest BCUT2D eigenvalue weighted by molar-refractivity contribution is -0.385. The largest absolute Gasteiger partial charge is 0.457 e. The summed E-state index contributed by atoms with van der Waals surface area (Å²) in [5.74, 6) is -1.41. The molecule has 0 saturated heterocycles. The van der Waals surface area contributed by atoms with Crippen LogP contribution in [0.15, 0.2) is 23.8 Å². The summed E-state index contributed by atoms with van der Waals surface area (Å²) in [5, 5.41) is 29.0. The van der Waals surface area contributed by atoms with Crippen LogP contribution < -0.4 is 0 Å². The number of benzene rings is 1. The molecule has 1 rings (SSSR count). The van der Waals surface area contributed by atoms with Crippen molar-refractivity contribution in [2.45, 2.75) is 32.8 Å². The number of rotatable bonds is 6. The first-order valence-corrected chi connectivity index (χ1v) is 7.32. The Morgan fingerprint density at radius 2 is 2.04 bits per heavy atom. The Kier molecular flexibility index (Phi) is 6.53. The van der Waals surface area contributed by atoms with E-state index in [2.05, 4.69) is 0 Å². The minimum absolute atomic E-state index is 0.0227. The van der Waals surface area contributed by atoms with E-state index in [1.807, 2.05) is 6.07 Å². The summed E-state index contributed by atoms with van der Waals surface area (Å²) in [5.41, 5.74) is -1.21. The predicted molar refractivity (Wildman–Crippen MR) is 88.6 cm³/mol. The molecule has 1 aromatic rings. The van der Waals surface area contributed by atoms with Crippen molar-refractivity contribution in [3.63, 3.8) is 0 Å². The van der Waals surface area contributed by atoms with E-state index in [0.29, 0.717) is 0 Å². The van der Waals surface area contributed by atoms with Gasteiger partial charge in [-0.3, -0.25) is 14.9 Å². The number of aliphatic hydroxyl groups excluding tert-OH is 1. The SMILES string of the molecule is CC(C)(C)OC(=O)/C(=C/c1ccc(C(=O)CO)cc1[N+](=O)[O-])CC#N. The molecule has 1 N–H and O–H groups in total. The summed E-state index contributed by atoms with van der Waals surface area (Å²) < 4.78 is 5.19. The number of nitro benzene ring substituents is 1. The van der Waals surface area contributed by atoms with Crippen molar-refractivity contribution >= 4 is 23.5 Å². The van der Waals surface area contributed by atoms with Crippen LogP contribution in [0.5, 0.6) is 0 Å². The van der Waals surface area contributed by atoms with E-state index in [0.717, 1.165) is 6.07 Å². The van der Waals surface area contributed by atoms with E-state index in [-0.39, 0.29) is 23.1 Å². The van der Waals surface area contributed by atoms with Gasteiger partial charge in [0.25, 0.3) is 5.69 Å². The van der Waals surface area contributed by atoms with Crippen molar-refractivity contribution in [2.24, 2.45) is 0 Å². The number of nitrogens with zero attached hydrogens (tertiary/aromatic N) is 2. The molecule has 0 heterocycles. The van der Waals surface area contributed by atoms with Crippen LogP contribution in [0.3, 0.4) is 0 Å². The maximum atomic E-state index is 12.2. The minimum Gasteiger partial charge on any atom is -0.457 e. The standard InChI is InChI=1S/C17H18N2O6/c1-17(2,3)25-16(22)13(6-7-18)8-11-4-5-12(15(21)10-20)9-14(11)19(23)24/h4-5,8-9,20H,6,10H2,1-3H3/b13-8+. The zero-order chi connectivity index (χ0) is 19.2. The van der Waals surface area contributed by atoms with Crippen LogP contribution in [-0.4, -0.2) is 34.0 Å². The number of nitriles is 1. The normalized spacial score (nSPS) is 11.6. The molecule has 0 bridgehead atoms. The third-order valence-electron chi connectivity index (χ3n) is 2.95. The zero-order valence-electron chi connectivity index (χ0n) is 14.1. The highest BCUT2D eigenvalue weighted by Crippen LogP contribution is 2.25. The second kappa shape index (κ2) is 8.17. The molecule has 0 radical (unpaired) electrons. The van der Waals surface area contributed by atoms with Crippen LogP contribution in [0.25, 0.3) is 6.08 Å². The van der Waals surface area contributed by atoms with E-state index in [1.165, 1.54) is 18.2 Å². The number of ketones is 1. The van der Waals surface area contributed by atoms with E-state index in [9.17, 15) is 19.7 Å². The van der Waals surface area contributed by atoms with Gasteiger partial charge in [-0.2, -0.15) is 5.26 Å². The van der Waals surface area contributed by atoms with Crippen LogP contribution in [0.1, 0.15) is 43.1 Å². The van der Waals surface area contributed by atoms with Crippen molar-refractivity contribution in [1.29, 1.82) is 5.26 Å². The molecule has 0 unspecified atom stereocenters. The number of aliphatic hydroxyl groups is 1. The van der Waals surface area contributed by atoms with Crippen molar-refractivity contribution < 1.29 is 24.4 Å². The van der Waals surface area contributed by atoms with Gasteiger partial charge in [-0.25, -0.2) is 4.79 Å². The van der Waals surface area contributed by atoms with Gasteiger partial charge in [0, 0.05) is 11.6 Å². The Labute approximate surface area is 144 Å². The van der Waals surface area contributed by atoms with E-state index in [1.54, 1.807) is 20.8 Å². The Hall–Kier alpha value is -3.05. The summed E-state index contributed by atoms with van der Waals surface area (Å²) in [6.45, 7) is 4.20. The Morgan fingerprint density at radius 3 is 2.52 bits per heavy atom. The fraction of sp³-hybridized carbons (Fsp3) is 0.353. The molecule has 132 valence electrons. The van der Waals surface area contributed by atoms with Crippen molar-refractivity contribution in [2.75, 3.05) is 6.61 Å². The van der Waals surface area contributed by atoms with Gasteiger partial charge >= 0.3 is 5.97 Å². The fourth-order valence-corrected chi connectivity index (χ4v) is 1.89. The maximum absolute atomic E-state index is 12.2. The predicted octanol–water partition coefficient (Wildman–Crippen LogP) is 2.41. The van der Waals surface area contributed by atoms with Crippen LogP contribution in [-0.2, 0) is 9.53 Å². The smallest absolute Gasteiger partial charge is 0.335 e. The van der Waals surface area contributed by atoms with Gasteiger partial charge in [-0.15, -0.1) is 0 Å². The molecular weight excluding hydrogens is 328 g/mol. The summed E-state index contributed by atoms with van der Waals surface area (Å²) in [6.07, 6.45) is 0.909. The Morgan fingerprint density at radius 1 is 1.40 bits per heavy atom. The van der Waals surface area contributed by atoms with Gasteiger partial charge in [-0.05, 0) is 32.9 Å². The van der Waals surface area contributed by atoms with Gasteiger partial charge < -0.3 is 9.84 Å². The highest BCUT2D eigenvalue weighted by atomic mass is 16.6. The number of ether oxygens (including phenoxy) is 1. The third kappa shape index (κ3) is 5.82. The zero-order valence-corrected chi connectivity index (χ0v) is 14.1. The van der Waals surface area contributed by atoms with Crippen LogP contribution in [0, 0.1) is 21.4 Å². The lowest BCUT2D eigenvalue weighted by atomic mass is 10.0. The first-order valence-electron chi connectivity index (χ1n) is 7.32. The van der Waals surface area contributed by atoms with E-state index in [4.69, 9.17) is 15.1 Å². The van der Waals surface area contributed by atoms with E-state index >= 15 is 0 Å². The molecule has 0 aliphatic carbocycles. The average molecular weight is 346 g/mol. The molecule has 0 saturated carbocycles. The average Bonchev–Trinajstić information content (AvgIpc) is 2.52. The van der Waals surface area contributed by atoms with Crippen molar-refractivity contribution in [1.82, 2.24) is 0 Å². The van der Waals surface area contributed by atoms with Crippen molar-refractivity contribution in [3.05, 3.63) is 45.0 Å². The lowest BCUT2D eigenvalue weighted by Crippen LogP contribution is -2.24. The first kappa shape index (κ1) is 20.0. The molecule has 8 nitrogen and oxygen atoms in total. The second-order valence-corrected chi connectivity index (χ2v) is 6.12. The molecule has 8 heteroatoms. The lowest BCUT2D eigenvalue weighted by Gasteiger charge is -2.20. The van der Waals surface area contributed by atoms with Gasteiger partial charge in [0.2, 0.25) is 0 Å². The number of hydrogen-bond acceptors (Lipinski definition) is 7. The molecule has 0 spiro atoms. The first-order chi connectivity index (χ1) is 11.6. The van der Waals surface area contributed by atoms with Crippen LogP contribution in [0.2, 0.25) is 0 Å². The van der Waals surface area contributed by atoms with Gasteiger partial charge in [0.05, 0.1) is 28.5 Å². The van der Waals surface area contributed by atoms with Crippen LogP contribution >= 0.6 is 0 Å². The molecule has 1 aromatic carbocycles. The summed E-state index contributed by atoms with van der Waals surface area (Å²) >= 11 is 0. The monoisotopic (exact) mass is 346 g/mol. The number of esters is 1. The minimum atomic E-state index is -0.783. The summed E-state index contributed by atoms with van der Waals surface area (Å²) in [6, 6.07) is 5.42. The van der Waals surface area contributed by atoms with Gasteiger partial charge in [0.1, 0.15) is 12.2 Å². The maximum Gasteiger partial charge on any atom is 0.335 e. The molecule has 0 fully saturated rings. The third-order valence-corrected chi connectivity index (χ3v) is 2.95. The second-order valence-electron chi connectivity index (χ2n) is 6.12. The highest BCUT2D eigenvalue weighted by Gasteiger charge is 2.22. The summed E-state index contributed by atoms with van der Waals surface area (Å²) in [7, 11) is 0. The number of hydrogen-bond donors (Lipinski definition) is 1. The van der Waals surface area contributed by atoms with Crippen molar-refractivity contribution in [3.8, 4) is 6.07 Å². The molecule has 0 atom stereocenters. The molecule has 0 amide bonds. The number of nitro groups is 1. The topological polar surface area (TPSA) is 131 Å². The van der Waals surface area contributed by atoms with Gasteiger partial charge in [-0.1, -0.05) is 6.07 Å². The van der Waals surface area contributed by atoms with E-state index < -0.39 is 34.6 Å². The fourth-order valence-electron chi connectivity index (χ4n) is 1.89. The molecule has 0 aromatic heterocycles.